The molecule has 0 aliphatic carbocycles. The third-order valence-corrected chi connectivity index (χ3v) is 3.83. The van der Waals surface area contributed by atoms with Gasteiger partial charge in [0.1, 0.15) is 6.04 Å². The van der Waals surface area contributed by atoms with Crippen LogP contribution in [-0.2, 0) is 9.59 Å². The Bertz CT molecular complexity index is 460. The lowest BCUT2D eigenvalue weighted by atomic mass is 10.0. The fourth-order valence-electron chi connectivity index (χ4n) is 2.40. The number of carbonyl (C=O) groups excluding carboxylic acids is 2. The molecule has 2 aliphatic heterocycles. The van der Waals surface area contributed by atoms with Gasteiger partial charge in [-0.3, -0.25) is 9.59 Å². The van der Waals surface area contributed by atoms with Crippen LogP contribution in [-0.4, -0.2) is 41.5 Å². The van der Waals surface area contributed by atoms with E-state index in [-0.39, 0.29) is 11.8 Å². The van der Waals surface area contributed by atoms with Gasteiger partial charge in [0.25, 0.3) is 0 Å². The Morgan fingerprint density at radius 2 is 2.30 bits per heavy atom. The third kappa shape index (κ3) is 3.35. The second-order valence-corrected chi connectivity index (χ2v) is 5.29. The van der Waals surface area contributed by atoms with Crippen molar-refractivity contribution in [3.05, 3.63) is 0 Å². The summed E-state index contributed by atoms with van der Waals surface area (Å²) in [7, 11) is 0. The Kier molecular flexibility index (Phi) is 4.38. The van der Waals surface area contributed by atoms with Crippen LogP contribution in [0.15, 0.2) is 10.2 Å². The standard InChI is InChI=1S/C14H20N4O2/c1-3-4-7-14(16-17-14)8-6-12(19)18-10-5-9-15-13(20)11(18)2/h1,11H,4-10H2,2H3,(H,15,20). The molecule has 0 saturated carbocycles. The van der Waals surface area contributed by atoms with Crippen molar-refractivity contribution in [2.24, 2.45) is 10.2 Å². The molecule has 2 heterocycles. The van der Waals surface area contributed by atoms with Crippen LogP contribution in [0.3, 0.4) is 0 Å². The molecule has 108 valence electrons. The van der Waals surface area contributed by atoms with Gasteiger partial charge in [0.2, 0.25) is 11.8 Å². The molecule has 1 unspecified atom stereocenters. The van der Waals surface area contributed by atoms with Crippen molar-refractivity contribution >= 4 is 11.8 Å². The summed E-state index contributed by atoms with van der Waals surface area (Å²) in [6.45, 7) is 3.01. The van der Waals surface area contributed by atoms with Crippen molar-refractivity contribution in [2.45, 2.75) is 50.7 Å². The van der Waals surface area contributed by atoms with E-state index < -0.39 is 11.7 Å². The van der Waals surface area contributed by atoms with E-state index in [2.05, 4.69) is 21.5 Å². The molecular formula is C14H20N4O2. The molecule has 6 nitrogen and oxygen atoms in total. The van der Waals surface area contributed by atoms with Gasteiger partial charge in [-0.25, -0.2) is 0 Å². The number of hydrogen-bond acceptors (Lipinski definition) is 4. The summed E-state index contributed by atoms with van der Waals surface area (Å²) in [5.41, 5.74) is -0.431. The highest BCUT2D eigenvalue weighted by atomic mass is 16.2. The molecule has 0 radical (unpaired) electrons. The van der Waals surface area contributed by atoms with Crippen LogP contribution in [0.5, 0.6) is 0 Å². The van der Waals surface area contributed by atoms with Gasteiger partial charge < -0.3 is 10.2 Å². The number of carbonyl (C=O) groups is 2. The van der Waals surface area contributed by atoms with Gasteiger partial charge in [0, 0.05) is 38.8 Å². The maximum absolute atomic E-state index is 12.3. The van der Waals surface area contributed by atoms with Crippen molar-refractivity contribution in [1.82, 2.24) is 10.2 Å². The van der Waals surface area contributed by atoms with Gasteiger partial charge in [-0.15, -0.1) is 12.3 Å². The Balaban J connectivity index is 1.85. The number of hydrogen-bond donors (Lipinski definition) is 1. The summed E-state index contributed by atoms with van der Waals surface area (Å²) in [5, 5.41) is 10.8. The zero-order valence-electron chi connectivity index (χ0n) is 11.8. The Morgan fingerprint density at radius 1 is 1.55 bits per heavy atom. The molecule has 20 heavy (non-hydrogen) atoms. The fourth-order valence-corrected chi connectivity index (χ4v) is 2.40. The molecule has 0 spiro atoms. The van der Waals surface area contributed by atoms with E-state index >= 15 is 0 Å². The number of nitrogens with one attached hydrogen (secondary N) is 1. The number of amides is 2. The zero-order valence-corrected chi connectivity index (χ0v) is 11.8. The molecule has 6 heteroatoms. The van der Waals surface area contributed by atoms with Gasteiger partial charge in [0.05, 0.1) is 0 Å². The van der Waals surface area contributed by atoms with Crippen LogP contribution in [0.2, 0.25) is 0 Å². The first kappa shape index (κ1) is 14.5. The minimum absolute atomic E-state index is 0.00747. The summed E-state index contributed by atoms with van der Waals surface area (Å²) in [6, 6.07) is -0.403. The van der Waals surface area contributed by atoms with Crippen molar-refractivity contribution in [1.29, 1.82) is 0 Å². The Morgan fingerprint density at radius 3 is 2.95 bits per heavy atom. The Labute approximate surface area is 119 Å². The smallest absolute Gasteiger partial charge is 0.242 e. The summed E-state index contributed by atoms with van der Waals surface area (Å²) in [6.07, 6.45) is 8.28. The largest absolute Gasteiger partial charge is 0.354 e. The SMILES string of the molecule is C#CCCC1(CCC(=O)N2CCCNC(=O)C2C)N=N1. The highest BCUT2D eigenvalue weighted by molar-refractivity contribution is 5.87. The van der Waals surface area contributed by atoms with Gasteiger partial charge in [-0.05, 0) is 13.3 Å². The first-order chi connectivity index (χ1) is 9.58. The lowest BCUT2D eigenvalue weighted by Gasteiger charge is -2.26. The van der Waals surface area contributed by atoms with Crippen molar-refractivity contribution in [3.63, 3.8) is 0 Å². The molecule has 0 aromatic carbocycles. The van der Waals surface area contributed by atoms with E-state index in [0.29, 0.717) is 38.8 Å². The molecule has 2 rings (SSSR count). The van der Waals surface area contributed by atoms with E-state index in [4.69, 9.17) is 6.42 Å². The minimum Gasteiger partial charge on any atom is -0.354 e. The molecule has 2 amide bonds. The predicted octanol–water partition coefficient (Wildman–Crippen LogP) is 1.08. The molecule has 1 atom stereocenters. The second kappa shape index (κ2) is 6.04. The summed E-state index contributed by atoms with van der Waals surface area (Å²) in [5.74, 6) is 2.48. The minimum atomic E-state index is -0.431. The van der Waals surface area contributed by atoms with E-state index in [1.807, 2.05) is 0 Å². The number of nitrogens with zero attached hydrogens (tertiary/aromatic N) is 3. The molecule has 1 saturated heterocycles. The average molecular weight is 276 g/mol. The van der Waals surface area contributed by atoms with Crippen LogP contribution in [0.4, 0.5) is 0 Å². The van der Waals surface area contributed by atoms with E-state index in [9.17, 15) is 9.59 Å². The summed E-state index contributed by atoms with van der Waals surface area (Å²) < 4.78 is 0. The highest BCUT2D eigenvalue weighted by Gasteiger charge is 2.40. The first-order valence-electron chi connectivity index (χ1n) is 7.03. The average Bonchev–Trinajstić information content (AvgIpc) is 3.23. The third-order valence-electron chi connectivity index (χ3n) is 3.83. The van der Waals surface area contributed by atoms with E-state index in [1.165, 1.54) is 0 Å². The lowest BCUT2D eigenvalue weighted by molar-refractivity contribution is -0.139. The molecule has 1 N–H and O–H groups in total. The van der Waals surface area contributed by atoms with Crippen molar-refractivity contribution in [2.75, 3.05) is 13.1 Å². The van der Waals surface area contributed by atoms with E-state index in [0.717, 1.165) is 6.42 Å². The van der Waals surface area contributed by atoms with Crippen LogP contribution >= 0.6 is 0 Å². The maximum Gasteiger partial charge on any atom is 0.242 e. The van der Waals surface area contributed by atoms with Gasteiger partial charge in [-0.2, -0.15) is 10.2 Å². The van der Waals surface area contributed by atoms with E-state index in [1.54, 1.807) is 11.8 Å². The molecular weight excluding hydrogens is 256 g/mol. The molecule has 1 fully saturated rings. The quantitative estimate of drug-likeness (QED) is 0.763. The highest BCUT2D eigenvalue weighted by Crippen LogP contribution is 2.37. The normalized spacial score (nSPS) is 23.7. The van der Waals surface area contributed by atoms with Gasteiger partial charge >= 0.3 is 0 Å². The summed E-state index contributed by atoms with van der Waals surface area (Å²) >= 11 is 0. The molecule has 0 bridgehead atoms. The number of rotatable bonds is 5. The summed E-state index contributed by atoms with van der Waals surface area (Å²) in [4.78, 5) is 25.6. The monoisotopic (exact) mass is 276 g/mol. The van der Waals surface area contributed by atoms with Crippen molar-refractivity contribution < 1.29 is 9.59 Å². The molecule has 0 aromatic rings. The van der Waals surface area contributed by atoms with Crippen LogP contribution < -0.4 is 5.32 Å². The first-order valence-corrected chi connectivity index (χ1v) is 7.03. The fraction of sp³-hybridized carbons (Fsp3) is 0.714. The zero-order chi connectivity index (χ0) is 14.6. The lowest BCUT2D eigenvalue weighted by Crippen LogP contribution is -2.45. The topological polar surface area (TPSA) is 74.1 Å². The Hall–Kier alpha value is -1.90. The van der Waals surface area contributed by atoms with Crippen LogP contribution in [0, 0.1) is 12.3 Å². The van der Waals surface area contributed by atoms with Crippen LogP contribution in [0.1, 0.15) is 39.0 Å². The second-order valence-electron chi connectivity index (χ2n) is 5.29. The maximum atomic E-state index is 12.3. The van der Waals surface area contributed by atoms with Gasteiger partial charge in [-0.1, -0.05) is 0 Å². The van der Waals surface area contributed by atoms with Gasteiger partial charge in [0.15, 0.2) is 5.66 Å². The predicted molar refractivity (Wildman–Crippen MR) is 73.7 cm³/mol. The molecule has 2 aliphatic rings. The van der Waals surface area contributed by atoms with Crippen LogP contribution in [0.25, 0.3) is 0 Å². The van der Waals surface area contributed by atoms with Crippen molar-refractivity contribution in [3.8, 4) is 12.3 Å². The number of terminal acetylenes is 1. The molecule has 0 aromatic heterocycles.